The summed E-state index contributed by atoms with van der Waals surface area (Å²) in [5.74, 6) is 0.0134. The van der Waals surface area contributed by atoms with Gasteiger partial charge in [-0.25, -0.2) is 4.79 Å². The van der Waals surface area contributed by atoms with E-state index in [4.69, 9.17) is 4.74 Å². The molecule has 2 heterocycles. The second-order valence-corrected chi connectivity index (χ2v) is 5.77. The molecule has 128 valence electrons. The van der Waals surface area contributed by atoms with Crippen molar-refractivity contribution in [2.75, 3.05) is 24.6 Å². The van der Waals surface area contributed by atoms with Crippen molar-refractivity contribution in [1.29, 1.82) is 0 Å². The van der Waals surface area contributed by atoms with E-state index in [1.807, 2.05) is 36.1 Å². The van der Waals surface area contributed by atoms with Crippen molar-refractivity contribution in [2.45, 2.75) is 32.6 Å². The van der Waals surface area contributed by atoms with Gasteiger partial charge >= 0.3 is 5.97 Å². The summed E-state index contributed by atoms with van der Waals surface area (Å²) < 4.78 is 5.60. The molecule has 7 nitrogen and oxygen atoms in total. The first-order valence-electron chi connectivity index (χ1n) is 8.38. The number of hydrogen-bond donors (Lipinski definition) is 1. The Hall–Kier alpha value is -2.57. The number of para-hydroxylation sites is 2. The van der Waals surface area contributed by atoms with Crippen LogP contribution in [0.2, 0.25) is 0 Å². The first kappa shape index (κ1) is 16.3. The predicted octanol–water partition coefficient (Wildman–Crippen LogP) is 2.74. The van der Waals surface area contributed by atoms with E-state index in [1.54, 1.807) is 0 Å². The molecule has 1 N–H and O–H groups in total. The van der Waals surface area contributed by atoms with Gasteiger partial charge in [0.15, 0.2) is 5.82 Å². The molecule has 1 fully saturated rings. The Morgan fingerprint density at radius 3 is 2.54 bits per heavy atom. The number of carboxylic acid groups (broad SMARTS) is 1. The van der Waals surface area contributed by atoms with Crippen molar-refractivity contribution < 1.29 is 14.6 Å². The maximum absolute atomic E-state index is 11.6. The summed E-state index contributed by atoms with van der Waals surface area (Å²) in [4.78, 5) is 15.0. The summed E-state index contributed by atoms with van der Waals surface area (Å²) in [7, 11) is 0. The molecule has 24 heavy (non-hydrogen) atoms. The molecular formula is C17H22N4O3. The summed E-state index contributed by atoms with van der Waals surface area (Å²) in [6.07, 6.45) is 4.42. The van der Waals surface area contributed by atoms with Gasteiger partial charge in [0.1, 0.15) is 11.4 Å². The molecule has 3 rings (SSSR count). The molecule has 1 aliphatic rings. The lowest BCUT2D eigenvalue weighted by molar-refractivity contribution is 0.0690. The number of aromatic carboxylic acids is 1. The lowest BCUT2D eigenvalue weighted by Gasteiger charge is -2.19. The van der Waals surface area contributed by atoms with Gasteiger partial charge in [-0.05, 0) is 31.9 Å². The molecule has 7 heteroatoms. The maximum atomic E-state index is 11.6. The molecule has 0 saturated carbocycles. The lowest BCUT2D eigenvalue weighted by Crippen LogP contribution is -2.26. The van der Waals surface area contributed by atoms with Crippen LogP contribution in [0.3, 0.4) is 0 Å². The molecule has 0 atom stereocenters. The fourth-order valence-electron chi connectivity index (χ4n) is 2.94. The van der Waals surface area contributed by atoms with Crippen LogP contribution in [0.15, 0.2) is 24.3 Å². The average Bonchev–Trinajstić information content (AvgIpc) is 2.84. The number of nitrogens with zero attached hydrogens (tertiary/aromatic N) is 4. The zero-order chi connectivity index (χ0) is 16.9. The highest BCUT2D eigenvalue weighted by molar-refractivity contribution is 5.91. The van der Waals surface area contributed by atoms with Gasteiger partial charge in [-0.15, -0.1) is 15.0 Å². The van der Waals surface area contributed by atoms with Gasteiger partial charge in [-0.1, -0.05) is 25.0 Å². The highest BCUT2D eigenvalue weighted by Gasteiger charge is 2.25. The highest BCUT2D eigenvalue weighted by atomic mass is 16.5. The Morgan fingerprint density at radius 1 is 1.17 bits per heavy atom. The van der Waals surface area contributed by atoms with Crippen LogP contribution >= 0.6 is 0 Å². The van der Waals surface area contributed by atoms with Gasteiger partial charge in [0.05, 0.1) is 6.61 Å². The first-order chi connectivity index (χ1) is 11.7. The van der Waals surface area contributed by atoms with E-state index in [9.17, 15) is 9.90 Å². The predicted molar refractivity (Wildman–Crippen MR) is 90.2 cm³/mol. The third-order valence-electron chi connectivity index (χ3n) is 4.08. The van der Waals surface area contributed by atoms with Gasteiger partial charge < -0.3 is 14.7 Å². The molecule has 2 aromatic rings. The number of ether oxygens (including phenoxy) is 1. The van der Waals surface area contributed by atoms with Crippen molar-refractivity contribution in [1.82, 2.24) is 15.0 Å². The zero-order valence-electron chi connectivity index (χ0n) is 13.8. The molecule has 0 spiro atoms. The van der Waals surface area contributed by atoms with Crippen LogP contribution in [0.1, 0.15) is 43.1 Å². The van der Waals surface area contributed by atoms with Gasteiger partial charge in [0, 0.05) is 13.1 Å². The van der Waals surface area contributed by atoms with Crippen LogP contribution < -0.4 is 9.64 Å². The molecule has 0 amide bonds. The minimum Gasteiger partial charge on any atom is -0.492 e. The van der Waals surface area contributed by atoms with Crippen LogP contribution in [0.25, 0.3) is 5.69 Å². The van der Waals surface area contributed by atoms with E-state index in [0.717, 1.165) is 25.9 Å². The Bertz CT molecular complexity index is 706. The van der Waals surface area contributed by atoms with Crippen LogP contribution in [0.5, 0.6) is 5.75 Å². The van der Waals surface area contributed by atoms with Crippen LogP contribution in [-0.2, 0) is 0 Å². The molecular weight excluding hydrogens is 308 g/mol. The van der Waals surface area contributed by atoms with E-state index < -0.39 is 5.97 Å². The Balaban J connectivity index is 2.01. The smallest absolute Gasteiger partial charge is 0.360 e. The van der Waals surface area contributed by atoms with Gasteiger partial charge in [-0.2, -0.15) is 0 Å². The zero-order valence-corrected chi connectivity index (χ0v) is 13.8. The van der Waals surface area contributed by atoms with Crippen LogP contribution in [0, 0.1) is 0 Å². The second kappa shape index (κ2) is 7.33. The third-order valence-corrected chi connectivity index (χ3v) is 4.08. The molecule has 0 unspecified atom stereocenters. The minimum atomic E-state index is -1.06. The molecule has 1 aromatic heterocycles. The molecule has 0 bridgehead atoms. The topological polar surface area (TPSA) is 80.5 Å². The third kappa shape index (κ3) is 3.34. The highest BCUT2D eigenvalue weighted by Crippen LogP contribution is 2.25. The fourth-order valence-corrected chi connectivity index (χ4v) is 2.94. The van der Waals surface area contributed by atoms with E-state index in [1.165, 1.54) is 17.6 Å². The normalized spacial score (nSPS) is 15.1. The monoisotopic (exact) mass is 330 g/mol. The standard InChI is InChI=1S/C17H22N4O3/c1-2-24-14-10-6-5-9-13(14)21-18-15(17(22)23)16(19-21)20-11-7-3-4-8-12-20/h5-6,9-10H,2-4,7-8,11-12H2,1H3,(H,22,23). The largest absolute Gasteiger partial charge is 0.492 e. The Labute approximate surface area is 140 Å². The van der Waals surface area contributed by atoms with Crippen LogP contribution in [0.4, 0.5) is 5.82 Å². The van der Waals surface area contributed by atoms with Crippen LogP contribution in [-0.4, -0.2) is 45.8 Å². The van der Waals surface area contributed by atoms with Crippen molar-refractivity contribution >= 4 is 11.8 Å². The number of hydrogen-bond acceptors (Lipinski definition) is 5. The molecule has 1 aromatic carbocycles. The molecule has 0 radical (unpaired) electrons. The molecule has 0 aliphatic carbocycles. The van der Waals surface area contributed by atoms with E-state index in [2.05, 4.69) is 10.2 Å². The second-order valence-electron chi connectivity index (χ2n) is 5.77. The maximum Gasteiger partial charge on any atom is 0.360 e. The first-order valence-corrected chi connectivity index (χ1v) is 8.38. The number of carbonyl (C=O) groups is 1. The summed E-state index contributed by atoms with van der Waals surface area (Å²) >= 11 is 0. The average molecular weight is 330 g/mol. The van der Waals surface area contributed by atoms with Crippen molar-refractivity contribution in [3.05, 3.63) is 30.0 Å². The van der Waals surface area contributed by atoms with E-state index >= 15 is 0 Å². The lowest BCUT2D eigenvalue weighted by atomic mass is 10.2. The Kier molecular flexibility index (Phi) is 4.98. The molecule has 1 saturated heterocycles. The van der Waals surface area contributed by atoms with Crippen molar-refractivity contribution in [3.63, 3.8) is 0 Å². The number of aromatic nitrogens is 3. The van der Waals surface area contributed by atoms with Crippen molar-refractivity contribution in [3.8, 4) is 11.4 Å². The summed E-state index contributed by atoms with van der Waals surface area (Å²) in [5, 5.41) is 18.2. The summed E-state index contributed by atoms with van der Waals surface area (Å²) in [5.41, 5.74) is 0.631. The number of anilines is 1. The quantitative estimate of drug-likeness (QED) is 0.908. The number of carboxylic acids is 1. The van der Waals surface area contributed by atoms with E-state index in [0.29, 0.717) is 23.9 Å². The Morgan fingerprint density at radius 2 is 1.88 bits per heavy atom. The molecule has 1 aliphatic heterocycles. The fraction of sp³-hybridized carbons (Fsp3) is 0.471. The van der Waals surface area contributed by atoms with Gasteiger partial charge in [0.25, 0.3) is 0 Å². The number of benzene rings is 1. The summed E-state index contributed by atoms with van der Waals surface area (Å²) in [6.45, 7) is 4.04. The van der Waals surface area contributed by atoms with E-state index in [-0.39, 0.29) is 5.69 Å². The SMILES string of the molecule is CCOc1ccccc1-n1nc(C(=O)O)c(N2CCCCCC2)n1. The van der Waals surface area contributed by atoms with Gasteiger partial charge in [0.2, 0.25) is 5.69 Å². The minimum absolute atomic E-state index is 0.0109. The summed E-state index contributed by atoms with van der Waals surface area (Å²) in [6, 6.07) is 7.37. The van der Waals surface area contributed by atoms with Gasteiger partial charge in [-0.3, -0.25) is 0 Å². The number of rotatable bonds is 5. The van der Waals surface area contributed by atoms with Crippen molar-refractivity contribution in [2.24, 2.45) is 0 Å².